The van der Waals surface area contributed by atoms with Crippen LogP contribution in [0.2, 0.25) is 0 Å². The Labute approximate surface area is 134 Å². The largest absolute Gasteiger partial charge is 0.294 e. The van der Waals surface area contributed by atoms with Crippen LogP contribution in [0.25, 0.3) is 10.1 Å². The molecule has 114 valence electrons. The summed E-state index contributed by atoms with van der Waals surface area (Å²) in [4.78, 5) is 0.0117. The summed E-state index contributed by atoms with van der Waals surface area (Å²) >= 11 is 1.69. The van der Waals surface area contributed by atoms with Gasteiger partial charge in [0.05, 0.1) is 4.90 Å². The first-order chi connectivity index (χ1) is 10.4. The second-order valence-electron chi connectivity index (χ2n) is 5.34. The average molecular weight is 332 g/mol. The highest BCUT2D eigenvalue weighted by Gasteiger charge is 2.15. The fraction of sp³-hybridized carbons (Fsp3) is 0.176. The molecule has 0 saturated heterocycles. The number of thiophene rings is 1. The van der Waals surface area contributed by atoms with Crippen molar-refractivity contribution in [2.45, 2.75) is 24.7 Å². The highest BCUT2D eigenvalue weighted by molar-refractivity contribution is 7.85. The van der Waals surface area contributed by atoms with E-state index in [9.17, 15) is 13.0 Å². The first-order valence-electron chi connectivity index (χ1n) is 6.97. The Balaban J connectivity index is 1.92. The van der Waals surface area contributed by atoms with Gasteiger partial charge in [-0.2, -0.15) is 8.42 Å². The minimum atomic E-state index is -4.18. The molecule has 0 radical (unpaired) electrons. The second kappa shape index (κ2) is 5.83. The maximum atomic E-state index is 11.5. The predicted molar refractivity (Wildman–Crippen MR) is 90.2 cm³/mol. The molecule has 2 aromatic carbocycles. The maximum Gasteiger partial charge on any atom is 0.294 e. The summed E-state index contributed by atoms with van der Waals surface area (Å²) in [5.41, 5.74) is 2.86. The van der Waals surface area contributed by atoms with Gasteiger partial charge in [-0.05, 0) is 53.8 Å². The summed E-state index contributed by atoms with van der Waals surface area (Å²) in [5.74, 6) is 0. The Bertz CT molecular complexity index is 924. The van der Waals surface area contributed by atoms with Gasteiger partial charge in [0.25, 0.3) is 10.1 Å². The van der Waals surface area contributed by atoms with Crippen molar-refractivity contribution < 1.29 is 13.0 Å². The molecule has 22 heavy (non-hydrogen) atoms. The van der Waals surface area contributed by atoms with Gasteiger partial charge in [0.2, 0.25) is 0 Å². The van der Waals surface area contributed by atoms with Crippen LogP contribution in [0.15, 0.2) is 52.7 Å². The van der Waals surface area contributed by atoms with Crippen LogP contribution in [0, 0.1) is 6.92 Å². The van der Waals surface area contributed by atoms with Crippen LogP contribution in [0.3, 0.4) is 0 Å². The van der Waals surface area contributed by atoms with E-state index in [1.165, 1.54) is 21.7 Å². The van der Waals surface area contributed by atoms with Gasteiger partial charge in [0.1, 0.15) is 0 Å². The van der Waals surface area contributed by atoms with E-state index in [4.69, 9.17) is 0 Å². The predicted octanol–water partition coefficient (Wildman–Crippen LogP) is 4.24. The molecule has 0 fully saturated rings. The Kier molecular flexibility index (Phi) is 4.04. The lowest BCUT2D eigenvalue weighted by molar-refractivity contribution is 0.482. The van der Waals surface area contributed by atoms with Gasteiger partial charge in [0.15, 0.2) is 0 Å². The Morgan fingerprint density at radius 2 is 1.77 bits per heavy atom. The van der Waals surface area contributed by atoms with E-state index >= 15 is 0 Å². The average Bonchev–Trinajstić information content (AvgIpc) is 2.87. The van der Waals surface area contributed by atoms with E-state index < -0.39 is 10.1 Å². The van der Waals surface area contributed by atoms with Crippen LogP contribution >= 0.6 is 11.3 Å². The first kappa shape index (κ1) is 15.2. The minimum absolute atomic E-state index is 0.0117. The highest BCUT2D eigenvalue weighted by Crippen LogP contribution is 2.27. The van der Waals surface area contributed by atoms with Crippen molar-refractivity contribution >= 4 is 31.5 Å². The summed E-state index contributed by atoms with van der Waals surface area (Å²) in [6, 6.07) is 13.2. The Hall–Kier alpha value is -1.69. The van der Waals surface area contributed by atoms with Gasteiger partial charge in [0, 0.05) is 4.70 Å². The molecule has 0 aliphatic rings. The molecule has 0 unspecified atom stereocenters. The second-order valence-corrected chi connectivity index (χ2v) is 7.64. The molecular weight excluding hydrogens is 316 g/mol. The van der Waals surface area contributed by atoms with E-state index in [0.717, 1.165) is 12.0 Å². The fourth-order valence-corrected chi connectivity index (χ4v) is 4.38. The molecule has 0 aliphatic heterocycles. The molecule has 3 rings (SSSR count). The number of aryl methyl sites for hydroxylation is 3. The van der Waals surface area contributed by atoms with Crippen molar-refractivity contribution in [3.05, 3.63) is 64.5 Å². The van der Waals surface area contributed by atoms with Gasteiger partial charge < -0.3 is 0 Å². The normalized spacial score (nSPS) is 11.9. The topological polar surface area (TPSA) is 54.4 Å². The van der Waals surface area contributed by atoms with Crippen LogP contribution in [0.4, 0.5) is 0 Å². The smallest absolute Gasteiger partial charge is 0.282 e. The number of hydrogen-bond donors (Lipinski definition) is 1. The molecule has 3 nitrogen and oxygen atoms in total. The first-order valence-corrected chi connectivity index (χ1v) is 9.29. The molecule has 1 aromatic heterocycles. The third kappa shape index (κ3) is 3.06. The molecule has 1 heterocycles. The van der Waals surface area contributed by atoms with Crippen molar-refractivity contribution in [2.24, 2.45) is 0 Å². The van der Waals surface area contributed by atoms with E-state index in [-0.39, 0.29) is 4.90 Å². The zero-order chi connectivity index (χ0) is 15.7. The van der Waals surface area contributed by atoms with E-state index in [2.05, 4.69) is 17.5 Å². The number of fused-ring (bicyclic) bond motifs is 1. The van der Waals surface area contributed by atoms with Crippen LogP contribution in [0.5, 0.6) is 0 Å². The van der Waals surface area contributed by atoms with Crippen molar-refractivity contribution in [1.82, 2.24) is 0 Å². The summed E-state index contributed by atoms with van der Waals surface area (Å²) in [7, 11) is -4.18. The summed E-state index contributed by atoms with van der Waals surface area (Å²) in [6.45, 7) is 1.91. The van der Waals surface area contributed by atoms with Crippen LogP contribution in [-0.2, 0) is 23.0 Å². The van der Waals surface area contributed by atoms with Crippen LogP contribution in [-0.4, -0.2) is 13.0 Å². The lowest BCUT2D eigenvalue weighted by Gasteiger charge is -2.08. The lowest BCUT2D eigenvalue weighted by atomic mass is 10.0. The maximum absolute atomic E-state index is 11.5. The van der Waals surface area contributed by atoms with Crippen molar-refractivity contribution in [2.75, 3.05) is 0 Å². The molecule has 5 heteroatoms. The number of benzene rings is 2. The van der Waals surface area contributed by atoms with Gasteiger partial charge >= 0.3 is 0 Å². The third-order valence-corrected chi connectivity index (χ3v) is 5.69. The number of rotatable bonds is 4. The lowest BCUT2D eigenvalue weighted by Crippen LogP contribution is -2.04. The van der Waals surface area contributed by atoms with E-state index in [1.54, 1.807) is 17.4 Å². The highest BCUT2D eigenvalue weighted by atomic mass is 32.2. The van der Waals surface area contributed by atoms with Crippen LogP contribution in [0.1, 0.15) is 16.7 Å². The van der Waals surface area contributed by atoms with Gasteiger partial charge in [-0.1, -0.05) is 35.9 Å². The molecule has 3 aromatic rings. The van der Waals surface area contributed by atoms with Crippen molar-refractivity contribution in [3.63, 3.8) is 0 Å². The molecule has 0 atom stereocenters. The molecular formula is C17H16O3S2. The van der Waals surface area contributed by atoms with Crippen molar-refractivity contribution in [1.29, 1.82) is 0 Å². The fourth-order valence-electron chi connectivity index (χ4n) is 2.65. The Morgan fingerprint density at radius 3 is 2.55 bits per heavy atom. The SMILES string of the molecule is Cc1ccc(S(=O)(=O)O)c(CCc2csc3ccccc23)c1. The third-order valence-electron chi connectivity index (χ3n) is 3.72. The van der Waals surface area contributed by atoms with Gasteiger partial charge in [-0.25, -0.2) is 0 Å². The monoisotopic (exact) mass is 332 g/mol. The molecule has 0 amide bonds. The van der Waals surface area contributed by atoms with Crippen LogP contribution < -0.4 is 0 Å². The van der Waals surface area contributed by atoms with E-state index in [1.807, 2.05) is 25.1 Å². The van der Waals surface area contributed by atoms with Gasteiger partial charge in [-0.3, -0.25) is 4.55 Å². The molecule has 0 bridgehead atoms. The minimum Gasteiger partial charge on any atom is -0.282 e. The van der Waals surface area contributed by atoms with Gasteiger partial charge in [-0.15, -0.1) is 11.3 Å². The van der Waals surface area contributed by atoms with Crippen molar-refractivity contribution in [3.8, 4) is 0 Å². The quantitative estimate of drug-likeness (QED) is 0.727. The zero-order valence-corrected chi connectivity index (χ0v) is 13.7. The summed E-state index contributed by atoms with van der Waals surface area (Å²) < 4.78 is 33.6. The summed E-state index contributed by atoms with van der Waals surface area (Å²) in [6.07, 6.45) is 1.33. The molecule has 0 saturated carbocycles. The Morgan fingerprint density at radius 1 is 1.05 bits per heavy atom. The summed E-state index contributed by atoms with van der Waals surface area (Å²) in [5, 5.41) is 3.33. The van der Waals surface area contributed by atoms with E-state index in [0.29, 0.717) is 12.0 Å². The standard InChI is InChI=1S/C17H16O3S2/c1-12-6-9-17(22(18,19)20)13(10-12)7-8-14-11-21-16-5-3-2-4-15(14)16/h2-6,9-11H,7-8H2,1H3,(H,18,19,20). The molecule has 1 N–H and O–H groups in total. The molecule has 0 aliphatic carbocycles. The zero-order valence-electron chi connectivity index (χ0n) is 12.1. The number of hydrogen-bond acceptors (Lipinski definition) is 3. The molecule has 0 spiro atoms.